The molecule has 0 aromatic carbocycles. The van der Waals surface area contributed by atoms with Gasteiger partial charge in [0.15, 0.2) is 0 Å². The third-order valence-corrected chi connectivity index (χ3v) is 3.37. The van der Waals surface area contributed by atoms with Crippen LogP contribution in [-0.2, 0) is 6.54 Å². The van der Waals surface area contributed by atoms with Crippen LogP contribution in [0.2, 0.25) is 0 Å². The molecule has 1 rings (SSSR count). The summed E-state index contributed by atoms with van der Waals surface area (Å²) in [5.74, 6) is 0.0585. The van der Waals surface area contributed by atoms with Gasteiger partial charge in [0, 0.05) is 6.54 Å². The van der Waals surface area contributed by atoms with E-state index >= 15 is 0 Å². The standard InChI is InChI=1S/C13H20BrN3O/c1-5-10(6-2)13(18)12-11(14)9-15-17(12)8-7-16(3)4/h5,9H,6-8H2,1-4H3. The largest absolute Gasteiger partial charge is 0.308 e. The van der Waals surface area contributed by atoms with Crippen LogP contribution < -0.4 is 0 Å². The summed E-state index contributed by atoms with van der Waals surface area (Å²) >= 11 is 3.41. The highest BCUT2D eigenvalue weighted by Gasteiger charge is 2.19. The number of rotatable bonds is 6. The van der Waals surface area contributed by atoms with Crippen molar-refractivity contribution in [2.45, 2.75) is 26.8 Å². The number of likely N-dealkylation sites (N-methyl/N-ethyl adjacent to an activating group) is 1. The molecule has 0 unspecified atom stereocenters. The first-order valence-corrected chi connectivity index (χ1v) is 6.86. The molecular formula is C13H20BrN3O. The number of ketones is 1. The van der Waals surface area contributed by atoms with Gasteiger partial charge >= 0.3 is 0 Å². The van der Waals surface area contributed by atoms with E-state index in [1.54, 1.807) is 10.9 Å². The normalized spacial score (nSPS) is 12.2. The van der Waals surface area contributed by atoms with Crippen LogP contribution in [-0.4, -0.2) is 41.1 Å². The monoisotopic (exact) mass is 313 g/mol. The van der Waals surface area contributed by atoms with Gasteiger partial charge in [0.2, 0.25) is 5.78 Å². The zero-order valence-corrected chi connectivity index (χ0v) is 13.0. The zero-order valence-electron chi connectivity index (χ0n) is 11.4. The smallest absolute Gasteiger partial charge is 0.207 e. The fourth-order valence-corrected chi connectivity index (χ4v) is 2.18. The molecule has 0 N–H and O–H groups in total. The predicted octanol–water partition coefficient (Wildman–Crippen LogP) is 2.75. The number of nitrogens with zero attached hydrogens (tertiary/aromatic N) is 3. The van der Waals surface area contributed by atoms with Crippen molar-refractivity contribution in [3.05, 3.63) is 28.0 Å². The minimum absolute atomic E-state index is 0.0585. The highest BCUT2D eigenvalue weighted by molar-refractivity contribution is 9.10. The molecule has 1 aromatic heterocycles. The molecule has 1 heterocycles. The fourth-order valence-electron chi connectivity index (χ4n) is 1.70. The molecule has 5 heteroatoms. The van der Waals surface area contributed by atoms with E-state index in [4.69, 9.17) is 0 Å². The summed E-state index contributed by atoms with van der Waals surface area (Å²) in [7, 11) is 4.01. The van der Waals surface area contributed by atoms with E-state index < -0.39 is 0 Å². The van der Waals surface area contributed by atoms with Crippen molar-refractivity contribution in [1.82, 2.24) is 14.7 Å². The third-order valence-electron chi connectivity index (χ3n) is 2.79. The van der Waals surface area contributed by atoms with E-state index in [0.717, 1.165) is 23.0 Å². The van der Waals surface area contributed by atoms with Crippen molar-refractivity contribution in [2.24, 2.45) is 0 Å². The van der Waals surface area contributed by atoms with Gasteiger partial charge < -0.3 is 4.90 Å². The highest BCUT2D eigenvalue weighted by Crippen LogP contribution is 2.20. The van der Waals surface area contributed by atoms with Crippen molar-refractivity contribution < 1.29 is 4.79 Å². The van der Waals surface area contributed by atoms with Gasteiger partial charge in [0.25, 0.3) is 0 Å². The summed E-state index contributed by atoms with van der Waals surface area (Å²) < 4.78 is 2.53. The summed E-state index contributed by atoms with van der Waals surface area (Å²) in [6.07, 6.45) is 4.30. The fraction of sp³-hybridized carbons (Fsp3) is 0.538. The first-order chi connectivity index (χ1) is 8.51. The number of allylic oxidation sites excluding steroid dienone is 2. The number of carbonyl (C=O) groups is 1. The molecule has 0 fully saturated rings. The molecule has 0 aliphatic carbocycles. The van der Waals surface area contributed by atoms with Gasteiger partial charge in [-0.05, 0) is 48.9 Å². The van der Waals surface area contributed by atoms with Crippen molar-refractivity contribution in [2.75, 3.05) is 20.6 Å². The second-order valence-electron chi connectivity index (χ2n) is 4.36. The van der Waals surface area contributed by atoms with E-state index in [-0.39, 0.29) is 5.78 Å². The van der Waals surface area contributed by atoms with Gasteiger partial charge in [-0.1, -0.05) is 13.0 Å². The Bertz CT molecular complexity index is 449. The molecule has 0 bridgehead atoms. The summed E-state index contributed by atoms with van der Waals surface area (Å²) in [4.78, 5) is 14.5. The van der Waals surface area contributed by atoms with Gasteiger partial charge in [0.1, 0.15) is 5.69 Å². The Morgan fingerprint density at radius 1 is 1.56 bits per heavy atom. The molecule has 0 radical (unpaired) electrons. The van der Waals surface area contributed by atoms with E-state index in [9.17, 15) is 4.79 Å². The van der Waals surface area contributed by atoms with E-state index in [0.29, 0.717) is 12.2 Å². The third kappa shape index (κ3) is 3.53. The van der Waals surface area contributed by atoms with Gasteiger partial charge in [0.05, 0.1) is 17.2 Å². The molecule has 0 atom stereocenters. The number of Topliss-reactive ketones (excluding diaryl/α,β-unsaturated/α-hetero) is 1. The SMILES string of the molecule is CC=C(CC)C(=O)c1c(Br)cnn1CCN(C)C. The maximum absolute atomic E-state index is 12.4. The van der Waals surface area contributed by atoms with Gasteiger partial charge in [-0.15, -0.1) is 0 Å². The number of carbonyl (C=O) groups excluding carboxylic acids is 1. The molecule has 0 amide bonds. The van der Waals surface area contributed by atoms with Crippen LogP contribution in [0, 0.1) is 0 Å². The Morgan fingerprint density at radius 2 is 2.22 bits per heavy atom. The average Bonchev–Trinajstić information content (AvgIpc) is 2.69. The lowest BCUT2D eigenvalue weighted by atomic mass is 10.1. The quantitative estimate of drug-likeness (QED) is 0.598. The topological polar surface area (TPSA) is 38.1 Å². The first kappa shape index (κ1) is 15.1. The molecule has 0 aliphatic rings. The summed E-state index contributed by atoms with van der Waals surface area (Å²) in [6.45, 7) is 5.44. The van der Waals surface area contributed by atoms with Crippen LogP contribution in [0.15, 0.2) is 22.3 Å². The molecule has 4 nitrogen and oxygen atoms in total. The van der Waals surface area contributed by atoms with E-state index in [2.05, 4.69) is 25.9 Å². The second kappa shape index (κ2) is 6.85. The summed E-state index contributed by atoms with van der Waals surface area (Å²) in [5.41, 5.74) is 1.47. The van der Waals surface area contributed by atoms with Crippen molar-refractivity contribution in [1.29, 1.82) is 0 Å². The molecule has 18 heavy (non-hydrogen) atoms. The summed E-state index contributed by atoms with van der Waals surface area (Å²) in [6, 6.07) is 0. The van der Waals surface area contributed by atoms with Gasteiger partial charge in [-0.3, -0.25) is 9.48 Å². The molecule has 0 saturated carbocycles. The number of aromatic nitrogens is 2. The number of hydrogen-bond donors (Lipinski definition) is 0. The highest BCUT2D eigenvalue weighted by atomic mass is 79.9. The predicted molar refractivity (Wildman–Crippen MR) is 76.9 cm³/mol. The van der Waals surface area contributed by atoms with Crippen molar-refractivity contribution in [3.63, 3.8) is 0 Å². The maximum atomic E-state index is 12.4. The Morgan fingerprint density at radius 3 is 2.72 bits per heavy atom. The Balaban J connectivity index is 3.00. The van der Waals surface area contributed by atoms with Crippen LogP contribution in [0.25, 0.3) is 0 Å². The number of hydrogen-bond acceptors (Lipinski definition) is 3. The average molecular weight is 314 g/mol. The van der Waals surface area contributed by atoms with E-state index in [1.165, 1.54) is 0 Å². The molecule has 0 aliphatic heterocycles. The minimum Gasteiger partial charge on any atom is -0.308 e. The Kier molecular flexibility index (Phi) is 5.75. The maximum Gasteiger partial charge on any atom is 0.207 e. The Labute approximate surface area is 117 Å². The lowest BCUT2D eigenvalue weighted by Crippen LogP contribution is -2.22. The zero-order chi connectivity index (χ0) is 13.7. The lowest BCUT2D eigenvalue weighted by Gasteiger charge is -2.12. The molecule has 1 aromatic rings. The summed E-state index contributed by atoms with van der Waals surface area (Å²) in [5, 5.41) is 4.25. The molecule has 100 valence electrons. The molecule has 0 saturated heterocycles. The minimum atomic E-state index is 0.0585. The molecular weight excluding hydrogens is 294 g/mol. The first-order valence-electron chi connectivity index (χ1n) is 6.07. The Hall–Kier alpha value is -0.940. The lowest BCUT2D eigenvalue weighted by molar-refractivity contribution is 0.102. The number of halogens is 1. The van der Waals surface area contributed by atoms with Gasteiger partial charge in [-0.25, -0.2) is 0 Å². The van der Waals surface area contributed by atoms with Gasteiger partial charge in [-0.2, -0.15) is 5.10 Å². The van der Waals surface area contributed by atoms with Crippen LogP contribution in [0.4, 0.5) is 0 Å². The van der Waals surface area contributed by atoms with Crippen LogP contribution in [0.3, 0.4) is 0 Å². The second-order valence-corrected chi connectivity index (χ2v) is 5.22. The van der Waals surface area contributed by atoms with Crippen molar-refractivity contribution >= 4 is 21.7 Å². The van der Waals surface area contributed by atoms with E-state index in [1.807, 2.05) is 34.0 Å². The van der Waals surface area contributed by atoms with Crippen LogP contribution in [0.5, 0.6) is 0 Å². The van der Waals surface area contributed by atoms with Crippen LogP contribution >= 0.6 is 15.9 Å². The van der Waals surface area contributed by atoms with Crippen molar-refractivity contribution in [3.8, 4) is 0 Å². The molecule has 0 spiro atoms. The van der Waals surface area contributed by atoms with Crippen LogP contribution in [0.1, 0.15) is 30.8 Å².